The van der Waals surface area contributed by atoms with Crippen LogP contribution in [-0.2, 0) is 16.0 Å². The quantitative estimate of drug-likeness (QED) is 0.865. The van der Waals surface area contributed by atoms with Gasteiger partial charge in [-0.15, -0.1) is 0 Å². The standard InChI is InChI=1S/C12H13BrF3NO2S/c13-9-5-8(12(14,15)16)6-11(7-9)17-10-1-3-20(18,19)4-2-10/h5-7,10,17H,1-4H2. The molecule has 1 aliphatic rings. The van der Waals surface area contributed by atoms with Gasteiger partial charge in [-0.2, -0.15) is 13.2 Å². The molecule has 8 heteroatoms. The second-order valence-corrected chi connectivity index (χ2v) is 8.02. The molecule has 1 aromatic rings. The maximum atomic E-state index is 12.7. The Morgan fingerprint density at radius 1 is 1.15 bits per heavy atom. The van der Waals surface area contributed by atoms with E-state index in [2.05, 4.69) is 21.2 Å². The minimum absolute atomic E-state index is 0.0742. The number of rotatable bonds is 2. The van der Waals surface area contributed by atoms with Gasteiger partial charge in [0.25, 0.3) is 0 Å². The van der Waals surface area contributed by atoms with Crippen LogP contribution in [0.4, 0.5) is 18.9 Å². The van der Waals surface area contributed by atoms with Crippen molar-refractivity contribution in [2.24, 2.45) is 0 Å². The van der Waals surface area contributed by atoms with Crippen LogP contribution in [0.1, 0.15) is 18.4 Å². The van der Waals surface area contributed by atoms with Crippen LogP contribution >= 0.6 is 15.9 Å². The molecule has 0 bridgehead atoms. The molecule has 1 heterocycles. The molecule has 3 nitrogen and oxygen atoms in total. The highest BCUT2D eigenvalue weighted by molar-refractivity contribution is 9.10. The van der Waals surface area contributed by atoms with E-state index in [1.807, 2.05) is 0 Å². The summed E-state index contributed by atoms with van der Waals surface area (Å²) in [5.41, 5.74) is -0.395. The number of sulfone groups is 1. The van der Waals surface area contributed by atoms with Gasteiger partial charge >= 0.3 is 6.18 Å². The van der Waals surface area contributed by atoms with Crippen LogP contribution in [0, 0.1) is 0 Å². The first-order valence-corrected chi connectivity index (χ1v) is 8.62. The molecule has 0 radical (unpaired) electrons. The summed E-state index contributed by atoms with van der Waals surface area (Å²) in [6.45, 7) is 0. The predicted octanol–water partition coefficient (Wildman–Crippen LogP) is 3.46. The molecule has 0 atom stereocenters. The fourth-order valence-electron chi connectivity index (χ4n) is 2.11. The molecule has 0 amide bonds. The third kappa shape index (κ3) is 4.12. The molecule has 0 spiro atoms. The number of benzene rings is 1. The van der Waals surface area contributed by atoms with Gasteiger partial charge in [-0.3, -0.25) is 0 Å². The number of alkyl halides is 3. The lowest BCUT2D eigenvalue weighted by Crippen LogP contribution is -2.32. The third-order valence-electron chi connectivity index (χ3n) is 3.15. The third-order valence-corrected chi connectivity index (χ3v) is 5.32. The van der Waals surface area contributed by atoms with Crippen molar-refractivity contribution in [2.75, 3.05) is 16.8 Å². The Bertz CT molecular complexity index is 587. The summed E-state index contributed by atoms with van der Waals surface area (Å²) in [7, 11) is -2.98. The summed E-state index contributed by atoms with van der Waals surface area (Å²) < 4.78 is 61.0. The van der Waals surface area contributed by atoms with Crippen LogP contribution in [0.5, 0.6) is 0 Å². The maximum Gasteiger partial charge on any atom is 0.416 e. The average molecular weight is 372 g/mol. The van der Waals surface area contributed by atoms with E-state index in [-0.39, 0.29) is 17.5 Å². The molecular formula is C12H13BrF3NO2S. The van der Waals surface area contributed by atoms with Crippen molar-refractivity contribution in [1.29, 1.82) is 0 Å². The van der Waals surface area contributed by atoms with Crippen molar-refractivity contribution in [3.63, 3.8) is 0 Å². The Morgan fingerprint density at radius 3 is 2.30 bits per heavy atom. The summed E-state index contributed by atoms with van der Waals surface area (Å²) in [5, 5.41) is 2.98. The number of anilines is 1. The van der Waals surface area contributed by atoms with Gasteiger partial charge in [-0.25, -0.2) is 8.42 Å². The molecule has 2 rings (SSSR count). The zero-order valence-electron chi connectivity index (χ0n) is 10.4. The zero-order chi connectivity index (χ0) is 15.0. The van der Waals surface area contributed by atoms with Crippen molar-refractivity contribution in [3.05, 3.63) is 28.2 Å². The van der Waals surface area contributed by atoms with Crippen molar-refractivity contribution in [2.45, 2.75) is 25.1 Å². The SMILES string of the molecule is O=S1(=O)CCC(Nc2cc(Br)cc(C(F)(F)F)c2)CC1. The van der Waals surface area contributed by atoms with E-state index in [1.54, 1.807) is 6.07 Å². The van der Waals surface area contributed by atoms with Gasteiger partial charge < -0.3 is 5.32 Å². The highest BCUT2D eigenvalue weighted by Crippen LogP contribution is 2.34. The molecule has 0 unspecified atom stereocenters. The zero-order valence-corrected chi connectivity index (χ0v) is 12.8. The molecule has 0 aromatic heterocycles. The van der Waals surface area contributed by atoms with Gasteiger partial charge in [0.1, 0.15) is 9.84 Å². The fraction of sp³-hybridized carbons (Fsp3) is 0.500. The average Bonchev–Trinajstić information content (AvgIpc) is 2.30. The molecule has 112 valence electrons. The van der Waals surface area contributed by atoms with Crippen LogP contribution in [0.3, 0.4) is 0 Å². The van der Waals surface area contributed by atoms with E-state index >= 15 is 0 Å². The van der Waals surface area contributed by atoms with Gasteiger partial charge in [0.2, 0.25) is 0 Å². The summed E-state index contributed by atoms with van der Waals surface area (Å²) in [5.74, 6) is 0.148. The minimum Gasteiger partial charge on any atom is -0.382 e. The van der Waals surface area contributed by atoms with E-state index in [9.17, 15) is 21.6 Å². The molecule has 0 saturated carbocycles. The Labute approximate surface area is 123 Å². The molecule has 20 heavy (non-hydrogen) atoms. The van der Waals surface area contributed by atoms with Gasteiger partial charge in [-0.1, -0.05) is 15.9 Å². The van der Waals surface area contributed by atoms with E-state index in [0.29, 0.717) is 23.0 Å². The van der Waals surface area contributed by atoms with Crippen molar-refractivity contribution in [3.8, 4) is 0 Å². The topological polar surface area (TPSA) is 46.2 Å². The van der Waals surface area contributed by atoms with Gasteiger partial charge in [0, 0.05) is 16.2 Å². The summed E-state index contributed by atoms with van der Waals surface area (Å²) in [6.07, 6.45) is -3.58. The fourth-order valence-corrected chi connectivity index (χ4v) is 4.09. The van der Waals surface area contributed by atoms with Crippen molar-refractivity contribution >= 4 is 31.5 Å². The van der Waals surface area contributed by atoms with Crippen LogP contribution in [0.2, 0.25) is 0 Å². The molecular weight excluding hydrogens is 359 g/mol. The molecule has 1 aliphatic heterocycles. The second-order valence-electron chi connectivity index (χ2n) is 4.80. The lowest BCUT2D eigenvalue weighted by molar-refractivity contribution is -0.137. The first kappa shape index (κ1) is 15.6. The lowest BCUT2D eigenvalue weighted by atomic mass is 10.1. The number of hydrogen-bond acceptors (Lipinski definition) is 3. The normalized spacial score (nSPS) is 19.8. The molecule has 1 N–H and O–H groups in total. The van der Waals surface area contributed by atoms with Crippen molar-refractivity contribution in [1.82, 2.24) is 0 Å². The van der Waals surface area contributed by atoms with E-state index < -0.39 is 21.6 Å². The van der Waals surface area contributed by atoms with Gasteiger partial charge in [-0.05, 0) is 31.0 Å². The Balaban J connectivity index is 2.12. The van der Waals surface area contributed by atoms with Crippen LogP contribution < -0.4 is 5.32 Å². The monoisotopic (exact) mass is 371 g/mol. The summed E-state index contributed by atoms with van der Waals surface area (Å²) >= 11 is 3.05. The maximum absolute atomic E-state index is 12.7. The first-order chi connectivity index (χ1) is 9.16. The Hall–Kier alpha value is -0.760. The predicted molar refractivity (Wildman–Crippen MR) is 74.4 cm³/mol. The number of nitrogens with one attached hydrogen (secondary N) is 1. The first-order valence-electron chi connectivity index (χ1n) is 6.00. The van der Waals surface area contributed by atoms with Crippen LogP contribution in [0.25, 0.3) is 0 Å². The van der Waals surface area contributed by atoms with E-state index in [0.717, 1.165) is 12.1 Å². The van der Waals surface area contributed by atoms with E-state index in [4.69, 9.17) is 0 Å². The smallest absolute Gasteiger partial charge is 0.382 e. The highest BCUT2D eigenvalue weighted by Gasteiger charge is 2.31. The minimum atomic E-state index is -4.41. The van der Waals surface area contributed by atoms with Crippen LogP contribution in [-0.4, -0.2) is 26.0 Å². The Morgan fingerprint density at radius 2 is 1.75 bits per heavy atom. The van der Waals surface area contributed by atoms with E-state index in [1.165, 1.54) is 0 Å². The molecule has 0 aliphatic carbocycles. The molecule has 1 aromatic carbocycles. The van der Waals surface area contributed by atoms with Gasteiger partial charge in [0.15, 0.2) is 0 Å². The molecule has 1 saturated heterocycles. The molecule has 1 fully saturated rings. The lowest BCUT2D eigenvalue weighted by Gasteiger charge is -2.24. The second kappa shape index (κ2) is 5.55. The number of hydrogen-bond donors (Lipinski definition) is 1. The Kier molecular flexibility index (Phi) is 4.34. The highest BCUT2D eigenvalue weighted by atomic mass is 79.9. The van der Waals surface area contributed by atoms with Gasteiger partial charge in [0.05, 0.1) is 17.1 Å². The van der Waals surface area contributed by atoms with Crippen molar-refractivity contribution < 1.29 is 21.6 Å². The summed E-state index contributed by atoms with van der Waals surface area (Å²) in [4.78, 5) is 0. The summed E-state index contributed by atoms with van der Waals surface area (Å²) in [6, 6.07) is 3.48. The largest absolute Gasteiger partial charge is 0.416 e. The van der Waals surface area contributed by atoms with Crippen LogP contribution in [0.15, 0.2) is 22.7 Å². The number of halogens is 4.